The number of hydrogen-bond acceptors (Lipinski definition) is 7. The van der Waals surface area contributed by atoms with Gasteiger partial charge in [0.25, 0.3) is 0 Å². The third-order valence-electron chi connectivity index (χ3n) is 8.26. The molecule has 0 heterocycles. The molecule has 4 aliphatic rings. The van der Waals surface area contributed by atoms with Crippen LogP contribution in [0.2, 0.25) is 0 Å². The lowest BCUT2D eigenvalue weighted by Crippen LogP contribution is -2.62. The number of aliphatic hydroxyl groups excluding tert-OH is 1. The van der Waals surface area contributed by atoms with E-state index in [1.807, 2.05) is 13.0 Å². The molecule has 1 aromatic carbocycles. The van der Waals surface area contributed by atoms with Crippen molar-refractivity contribution in [3.8, 4) is 11.5 Å². The van der Waals surface area contributed by atoms with Gasteiger partial charge in [-0.1, -0.05) is 13.0 Å². The van der Waals surface area contributed by atoms with Gasteiger partial charge in [-0.2, -0.15) is 0 Å². The van der Waals surface area contributed by atoms with Crippen molar-refractivity contribution < 1.29 is 39.9 Å². The van der Waals surface area contributed by atoms with Crippen molar-refractivity contribution in [3.63, 3.8) is 0 Å². The summed E-state index contributed by atoms with van der Waals surface area (Å²) in [5.41, 5.74) is -3.28. The van der Waals surface area contributed by atoms with Crippen LogP contribution in [0.1, 0.15) is 55.8 Å². The number of benzene rings is 1. The Morgan fingerprint density at radius 2 is 1.97 bits per heavy atom. The molecule has 9 heteroatoms. The fourth-order valence-corrected chi connectivity index (χ4v) is 6.36. The number of carboxylic acid groups (broad SMARTS) is 1. The van der Waals surface area contributed by atoms with Gasteiger partial charge in [0, 0.05) is 11.8 Å². The number of aromatic carboxylic acids is 1. The summed E-state index contributed by atoms with van der Waals surface area (Å²) in [6.07, 6.45) is 6.05. The van der Waals surface area contributed by atoms with Crippen LogP contribution in [-0.2, 0) is 9.59 Å². The zero-order chi connectivity index (χ0) is 24.2. The second kappa shape index (κ2) is 7.85. The normalized spacial score (nSPS) is 34.7. The number of phenols is 2. The number of ketones is 1. The van der Waals surface area contributed by atoms with E-state index < -0.39 is 45.4 Å². The Kier molecular flexibility index (Phi) is 5.53. The van der Waals surface area contributed by atoms with Crippen molar-refractivity contribution in [1.29, 1.82) is 0 Å². The standard InChI is InChI=1S/C24H29NO8/c1-22(7-6-18(29)25-19-15(27)3-2-14(20(19)30)21(31)32)16-10-13-4-8-23(16,9-5-17(22)28)11-24(13,33)12-26/h2-3,5,9,13,16,26-27,30,33H,4,6-8,10-12H2,1H3,(H,25,29)(H,31,32)/t13?,16?,22-,23?,24-/m0/s1. The highest BCUT2D eigenvalue weighted by atomic mass is 16.4. The molecule has 1 aromatic rings. The van der Waals surface area contributed by atoms with E-state index in [0.717, 1.165) is 25.0 Å². The van der Waals surface area contributed by atoms with Crippen LogP contribution in [0.4, 0.5) is 5.69 Å². The number of aromatic hydroxyl groups is 2. The number of amides is 1. The van der Waals surface area contributed by atoms with Crippen LogP contribution in [0.15, 0.2) is 24.3 Å². The molecule has 33 heavy (non-hydrogen) atoms. The first-order chi connectivity index (χ1) is 15.5. The van der Waals surface area contributed by atoms with Crippen molar-refractivity contribution in [2.45, 2.75) is 51.0 Å². The Labute approximate surface area is 190 Å². The molecule has 1 amide bonds. The number of carbonyl (C=O) groups excluding carboxylic acids is 2. The highest BCUT2D eigenvalue weighted by molar-refractivity contribution is 6.00. The average molecular weight is 459 g/mol. The summed E-state index contributed by atoms with van der Waals surface area (Å²) in [6, 6.07) is 2.10. The molecule has 0 saturated heterocycles. The maximum absolute atomic E-state index is 13.0. The van der Waals surface area contributed by atoms with Crippen LogP contribution >= 0.6 is 0 Å². The molecule has 3 saturated carbocycles. The molecular weight excluding hydrogens is 430 g/mol. The van der Waals surface area contributed by atoms with Gasteiger partial charge < -0.3 is 30.8 Å². The maximum atomic E-state index is 13.0. The van der Waals surface area contributed by atoms with Gasteiger partial charge in [0.05, 0.1) is 12.2 Å². The summed E-state index contributed by atoms with van der Waals surface area (Å²) in [6.45, 7) is 1.51. The smallest absolute Gasteiger partial charge is 0.339 e. The van der Waals surface area contributed by atoms with E-state index in [2.05, 4.69) is 5.32 Å². The van der Waals surface area contributed by atoms with Gasteiger partial charge in [-0.25, -0.2) is 4.79 Å². The number of rotatable bonds is 6. The van der Waals surface area contributed by atoms with Crippen molar-refractivity contribution in [2.75, 3.05) is 11.9 Å². The first-order valence-electron chi connectivity index (χ1n) is 11.1. The van der Waals surface area contributed by atoms with E-state index in [1.165, 1.54) is 6.08 Å². The molecule has 3 unspecified atom stereocenters. The van der Waals surface area contributed by atoms with Crippen LogP contribution in [-0.4, -0.2) is 55.4 Å². The molecule has 2 bridgehead atoms. The third-order valence-corrected chi connectivity index (χ3v) is 8.26. The van der Waals surface area contributed by atoms with Gasteiger partial charge in [0.1, 0.15) is 17.0 Å². The van der Waals surface area contributed by atoms with Crippen LogP contribution in [0.3, 0.4) is 0 Å². The largest absolute Gasteiger partial charge is 0.506 e. The van der Waals surface area contributed by atoms with Gasteiger partial charge in [0.2, 0.25) is 5.91 Å². The van der Waals surface area contributed by atoms with Crippen LogP contribution in [0.5, 0.6) is 11.5 Å². The van der Waals surface area contributed by atoms with Gasteiger partial charge in [-0.3, -0.25) is 9.59 Å². The zero-order valence-corrected chi connectivity index (χ0v) is 18.4. The van der Waals surface area contributed by atoms with E-state index in [9.17, 15) is 34.8 Å². The van der Waals surface area contributed by atoms with Gasteiger partial charge >= 0.3 is 5.97 Å². The fourth-order valence-electron chi connectivity index (χ4n) is 6.36. The first-order valence-corrected chi connectivity index (χ1v) is 11.1. The minimum absolute atomic E-state index is 0.0852. The SMILES string of the molecule is C[C@@]1(CCC(=O)Nc2c(O)ccc(C(=O)O)c2O)C(=O)C=CC23CCC(CC21)[C@@](O)(CO)C3. The van der Waals surface area contributed by atoms with Gasteiger partial charge in [-0.15, -0.1) is 0 Å². The molecule has 5 atom stereocenters. The van der Waals surface area contributed by atoms with Crippen molar-refractivity contribution in [2.24, 2.45) is 22.7 Å². The lowest BCUT2D eigenvalue weighted by atomic mass is 9.42. The quantitative estimate of drug-likeness (QED) is 0.352. The highest BCUT2D eigenvalue weighted by Crippen LogP contribution is 2.65. The number of phenolic OH excluding ortho intramolecular Hbond substituents is 1. The van der Waals surface area contributed by atoms with E-state index in [-0.39, 0.29) is 42.8 Å². The van der Waals surface area contributed by atoms with E-state index in [4.69, 9.17) is 5.11 Å². The second-order valence-electron chi connectivity index (χ2n) is 10.0. The Bertz CT molecular complexity index is 1050. The number of carbonyl (C=O) groups is 3. The van der Waals surface area contributed by atoms with Crippen LogP contribution in [0, 0.1) is 22.7 Å². The van der Waals surface area contributed by atoms with Crippen molar-refractivity contribution >= 4 is 23.3 Å². The molecule has 1 spiro atoms. The number of carboxylic acids is 1. The van der Waals surface area contributed by atoms with E-state index >= 15 is 0 Å². The molecule has 178 valence electrons. The Morgan fingerprint density at radius 3 is 2.64 bits per heavy atom. The van der Waals surface area contributed by atoms with Crippen LogP contribution < -0.4 is 5.32 Å². The van der Waals surface area contributed by atoms with E-state index in [1.54, 1.807) is 0 Å². The molecule has 5 rings (SSSR count). The zero-order valence-electron chi connectivity index (χ0n) is 18.4. The molecular formula is C24H29NO8. The molecule has 0 aliphatic heterocycles. The molecule has 0 aromatic heterocycles. The molecule has 4 aliphatic carbocycles. The summed E-state index contributed by atoms with van der Waals surface area (Å²) in [5, 5.41) is 52.3. The fraction of sp³-hybridized carbons (Fsp3) is 0.542. The van der Waals surface area contributed by atoms with Crippen LogP contribution in [0.25, 0.3) is 0 Å². The van der Waals surface area contributed by atoms with Crippen molar-refractivity contribution in [1.82, 2.24) is 0 Å². The maximum Gasteiger partial charge on any atom is 0.339 e. The first kappa shape index (κ1) is 23.3. The predicted octanol–water partition coefficient (Wildman–Crippen LogP) is 2.19. The number of allylic oxidation sites excluding steroid dienone is 2. The van der Waals surface area contributed by atoms with Crippen molar-refractivity contribution in [3.05, 3.63) is 29.8 Å². The summed E-state index contributed by atoms with van der Waals surface area (Å²) < 4.78 is 0. The molecule has 0 radical (unpaired) electrons. The second-order valence-corrected chi connectivity index (χ2v) is 10.0. The number of hydrogen-bond donors (Lipinski definition) is 6. The van der Waals surface area contributed by atoms with Gasteiger partial charge in [0.15, 0.2) is 11.5 Å². The number of anilines is 1. The monoisotopic (exact) mass is 459 g/mol. The minimum atomic E-state index is -1.41. The minimum Gasteiger partial charge on any atom is -0.506 e. The van der Waals surface area contributed by atoms with E-state index in [0.29, 0.717) is 12.8 Å². The predicted molar refractivity (Wildman–Crippen MR) is 117 cm³/mol. The summed E-state index contributed by atoms with van der Waals surface area (Å²) in [7, 11) is 0. The summed E-state index contributed by atoms with van der Waals surface area (Å²) >= 11 is 0. The Morgan fingerprint density at radius 1 is 1.24 bits per heavy atom. The highest BCUT2D eigenvalue weighted by Gasteiger charge is 2.63. The van der Waals surface area contributed by atoms with Gasteiger partial charge in [-0.05, 0) is 67.6 Å². The average Bonchev–Trinajstić information content (AvgIpc) is 2.78. The molecule has 9 nitrogen and oxygen atoms in total. The third kappa shape index (κ3) is 3.59. The Balaban J connectivity index is 1.53. The number of aliphatic hydroxyl groups is 2. The number of nitrogens with one attached hydrogen (secondary N) is 1. The molecule has 6 N–H and O–H groups in total. The summed E-state index contributed by atoms with van der Waals surface area (Å²) in [5.74, 6) is -3.49. The summed E-state index contributed by atoms with van der Waals surface area (Å²) in [4.78, 5) is 36.9. The lowest BCUT2D eigenvalue weighted by Gasteiger charge is -2.63. The Hall–Kier alpha value is -2.91. The number of fused-ring (bicyclic) bond motifs is 2. The lowest BCUT2D eigenvalue weighted by molar-refractivity contribution is -0.190. The topological polar surface area (TPSA) is 164 Å². The molecule has 3 fully saturated rings.